The quantitative estimate of drug-likeness (QED) is 0.824. The van der Waals surface area contributed by atoms with Gasteiger partial charge in [0.05, 0.1) is 18.2 Å². The summed E-state index contributed by atoms with van der Waals surface area (Å²) in [5, 5.41) is 12.0. The minimum atomic E-state index is -1.02. The molecule has 0 bridgehead atoms. The lowest BCUT2D eigenvalue weighted by Gasteiger charge is -2.14. The van der Waals surface area contributed by atoms with Gasteiger partial charge in [0.25, 0.3) is 0 Å². The molecule has 1 heterocycles. The number of carboxylic acids is 1. The van der Waals surface area contributed by atoms with E-state index in [4.69, 9.17) is 9.52 Å². The van der Waals surface area contributed by atoms with Crippen molar-refractivity contribution in [1.82, 2.24) is 5.32 Å². The van der Waals surface area contributed by atoms with Crippen molar-refractivity contribution in [2.75, 3.05) is 0 Å². The molecule has 1 aromatic heterocycles. The van der Waals surface area contributed by atoms with Crippen molar-refractivity contribution in [3.63, 3.8) is 0 Å². The van der Waals surface area contributed by atoms with Crippen LogP contribution in [0.2, 0.25) is 0 Å². The number of benzene rings is 1. The number of amides is 1. The van der Waals surface area contributed by atoms with Gasteiger partial charge in [-0.05, 0) is 37.1 Å². The van der Waals surface area contributed by atoms with Gasteiger partial charge in [-0.25, -0.2) is 4.79 Å². The zero-order valence-electron chi connectivity index (χ0n) is 12.4. The van der Waals surface area contributed by atoms with E-state index in [2.05, 4.69) is 5.32 Å². The lowest BCUT2D eigenvalue weighted by Crippen LogP contribution is -2.34. The van der Waals surface area contributed by atoms with E-state index in [1.807, 2.05) is 19.1 Å². The van der Waals surface area contributed by atoms with Crippen LogP contribution in [0.25, 0.3) is 0 Å². The van der Waals surface area contributed by atoms with Gasteiger partial charge in [0.2, 0.25) is 5.91 Å². The smallest absolute Gasteiger partial charge is 0.335 e. The number of aryl methyl sites for hydroxylation is 1. The Hall–Kier alpha value is -2.56. The average molecular weight is 301 g/mol. The van der Waals surface area contributed by atoms with E-state index in [9.17, 15) is 9.59 Å². The Morgan fingerprint density at radius 2 is 2.00 bits per heavy atom. The number of furan rings is 1. The molecule has 0 aliphatic heterocycles. The molecule has 0 aliphatic rings. The summed E-state index contributed by atoms with van der Waals surface area (Å²) in [5.74, 6) is -0.313. The molecule has 1 aromatic carbocycles. The van der Waals surface area contributed by atoms with Crippen molar-refractivity contribution in [3.8, 4) is 0 Å². The Morgan fingerprint density at radius 1 is 1.23 bits per heavy atom. The van der Waals surface area contributed by atoms with Gasteiger partial charge in [-0.15, -0.1) is 0 Å². The van der Waals surface area contributed by atoms with Crippen molar-refractivity contribution in [2.45, 2.75) is 32.2 Å². The van der Waals surface area contributed by atoms with E-state index < -0.39 is 5.97 Å². The number of aromatic carboxylic acids is 1. The maximum atomic E-state index is 12.0. The third-order valence-corrected chi connectivity index (χ3v) is 3.41. The molecule has 0 fully saturated rings. The minimum Gasteiger partial charge on any atom is -0.478 e. The van der Waals surface area contributed by atoms with Crippen LogP contribution in [-0.2, 0) is 17.6 Å². The first-order chi connectivity index (χ1) is 10.6. The number of carbonyl (C=O) groups excluding carboxylic acids is 1. The van der Waals surface area contributed by atoms with Crippen LogP contribution in [-0.4, -0.2) is 23.0 Å². The number of hydrogen-bond acceptors (Lipinski definition) is 3. The molecule has 2 aromatic rings. The highest BCUT2D eigenvalue weighted by Gasteiger charge is 2.14. The van der Waals surface area contributed by atoms with Gasteiger partial charge in [0.1, 0.15) is 5.76 Å². The molecule has 5 nitrogen and oxygen atoms in total. The third-order valence-electron chi connectivity index (χ3n) is 3.41. The summed E-state index contributed by atoms with van der Waals surface area (Å²) in [5.41, 5.74) is 0.687. The SMILES string of the molecule is CC(CCc1ccco1)NC(=O)Cc1ccccc1C(=O)O. The summed E-state index contributed by atoms with van der Waals surface area (Å²) in [7, 11) is 0. The van der Waals surface area contributed by atoms with E-state index in [0.29, 0.717) is 5.56 Å². The fourth-order valence-corrected chi connectivity index (χ4v) is 2.27. The fourth-order valence-electron chi connectivity index (χ4n) is 2.27. The summed E-state index contributed by atoms with van der Waals surface area (Å²) in [6, 6.07) is 10.3. The molecule has 1 amide bonds. The first-order valence-corrected chi connectivity index (χ1v) is 7.19. The van der Waals surface area contributed by atoms with Gasteiger partial charge in [0, 0.05) is 12.5 Å². The zero-order chi connectivity index (χ0) is 15.9. The molecule has 22 heavy (non-hydrogen) atoms. The Balaban J connectivity index is 1.86. The maximum Gasteiger partial charge on any atom is 0.335 e. The second-order valence-electron chi connectivity index (χ2n) is 5.23. The van der Waals surface area contributed by atoms with Gasteiger partial charge in [0.15, 0.2) is 0 Å². The highest BCUT2D eigenvalue weighted by Crippen LogP contribution is 2.10. The van der Waals surface area contributed by atoms with Crippen molar-refractivity contribution < 1.29 is 19.1 Å². The Bertz CT molecular complexity index is 634. The normalized spacial score (nSPS) is 11.9. The Kier molecular flexibility index (Phi) is 5.36. The molecular formula is C17H19NO4. The summed E-state index contributed by atoms with van der Waals surface area (Å²) < 4.78 is 5.25. The molecule has 116 valence electrons. The summed E-state index contributed by atoms with van der Waals surface area (Å²) in [4.78, 5) is 23.1. The monoisotopic (exact) mass is 301 g/mol. The molecule has 1 atom stereocenters. The standard InChI is InChI=1S/C17H19NO4/c1-12(8-9-14-6-4-10-22-14)18-16(19)11-13-5-2-3-7-15(13)17(20)21/h2-7,10,12H,8-9,11H2,1H3,(H,18,19)(H,20,21). The second kappa shape index (κ2) is 7.45. The molecule has 0 spiro atoms. The van der Waals surface area contributed by atoms with Gasteiger partial charge in [-0.3, -0.25) is 4.79 Å². The number of nitrogens with one attached hydrogen (secondary N) is 1. The molecule has 1 unspecified atom stereocenters. The minimum absolute atomic E-state index is 0.00501. The lowest BCUT2D eigenvalue weighted by molar-refractivity contribution is -0.121. The Labute approximate surface area is 129 Å². The third kappa shape index (κ3) is 4.48. The number of rotatable bonds is 7. The first kappa shape index (κ1) is 15.8. The van der Waals surface area contributed by atoms with Crippen LogP contribution in [0.4, 0.5) is 0 Å². The molecule has 2 rings (SSSR count). The van der Waals surface area contributed by atoms with Crippen LogP contribution in [0.5, 0.6) is 0 Å². The highest BCUT2D eigenvalue weighted by molar-refractivity contribution is 5.91. The van der Waals surface area contributed by atoms with Crippen LogP contribution in [0.15, 0.2) is 47.1 Å². The van der Waals surface area contributed by atoms with Crippen LogP contribution in [0, 0.1) is 0 Å². The van der Waals surface area contributed by atoms with Crippen LogP contribution >= 0.6 is 0 Å². The molecule has 0 saturated heterocycles. The van der Waals surface area contributed by atoms with Crippen LogP contribution < -0.4 is 5.32 Å². The van der Waals surface area contributed by atoms with E-state index in [0.717, 1.165) is 18.6 Å². The molecule has 5 heteroatoms. The van der Waals surface area contributed by atoms with Crippen molar-refractivity contribution in [3.05, 3.63) is 59.5 Å². The molecule has 0 saturated carbocycles. The number of hydrogen-bond donors (Lipinski definition) is 2. The Morgan fingerprint density at radius 3 is 2.68 bits per heavy atom. The highest BCUT2D eigenvalue weighted by atomic mass is 16.4. The van der Waals surface area contributed by atoms with E-state index in [-0.39, 0.29) is 23.9 Å². The van der Waals surface area contributed by atoms with Crippen molar-refractivity contribution >= 4 is 11.9 Å². The van der Waals surface area contributed by atoms with Gasteiger partial charge in [-0.2, -0.15) is 0 Å². The predicted molar refractivity (Wildman–Crippen MR) is 81.7 cm³/mol. The van der Waals surface area contributed by atoms with Crippen molar-refractivity contribution in [2.24, 2.45) is 0 Å². The van der Waals surface area contributed by atoms with E-state index >= 15 is 0 Å². The average Bonchev–Trinajstić information content (AvgIpc) is 2.98. The van der Waals surface area contributed by atoms with Crippen LogP contribution in [0.1, 0.15) is 35.0 Å². The summed E-state index contributed by atoms with van der Waals surface area (Å²) in [6.45, 7) is 1.92. The maximum absolute atomic E-state index is 12.0. The summed E-state index contributed by atoms with van der Waals surface area (Å²) >= 11 is 0. The number of carboxylic acid groups (broad SMARTS) is 1. The first-order valence-electron chi connectivity index (χ1n) is 7.19. The predicted octanol–water partition coefficient (Wildman–Crippen LogP) is 2.66. The van der Waals surface area contributed by atoms with E-state index in [1.54, 1.807) is 24.5 Å². The molecule has 0 radical (unpaired) electrons. The zero-order valence-corrected chi connectivity index (χ0v) is 12.4. The fraction of sp³-hybridized carbons (Fsp3) is 0.294. The largest absolute Gasteiger partial charge is 0.478 e. The van der Waals surface area contributed by atoms with Gasteiger partial charge in [-0.1, -0.05) is 18.2 Å². The van der Waals surface area contributed by atoms with E-state index in [1.165, 1.54) is 6.07 Å². The molecular weight excluding hydrogens is 282 g/mol. The molecule has 2 N–H and O–H groups in total. The van der Waals surface area contributed by atoms with Gasteiger partial charge >= 0.3 is 5.97 Å². The number of carbonyl (C=O) groups is 2. The van der Waals surface area contributed by atoms with Crippen LogP contribution in [0.3, 0.4) is 0 Å². The molecule has 0 aliphatic carbocycles. The summed E-state index contributed by atoms with van der Waals surface area (Å²) in [6.07, 6.45) is 3.20. The van der Waals surface area contributed by atoms with Crippen molar-refractivity contribution in [1.29, 1.82) is 0 Å². The van der Waals surface area contributed by atoms with Gasteiger partial charge < -0.3 is 14.8 Å². The topological polar surface area (TPSA) is 79.5 Å². The lowest BCUT2D eigenvalue weighted by atomic mass is 10.0. The second-order valence-corrected chi connectivity index (χ2v) is 5.23.